The fourth-order valence-electron chi connectivity index (χ4n) is 4.72. The fourth-order valence-corrected chi connectivity index (χ4v) is 6.16. The van der Waals surface area contributed by atoms with Gasteiger partial charge in [-0.3, -0.25) is 14.3 Å². The second kappa shape index (κ2) is 15.9. The number of hydrogen-bond donors (Lipinski definition) is 1. The minimum absolute atomic E-state index is 0.0353. The van der Waals surface area contributed by atoms with Crippen molar-refractivity contribution in [3.63, 3.8) is 0 Å². The van der Waals surface area contributed by atoms with Gasteiger partial charge in [-0.2, -0.15) is 9.40 Å². The Kier molecular flexibility index (Phi) is 12.7. The average molecular weight is 621 g/mol. The number of aryl methyl sites for hydroxylation is 2. The van der Waals surface area contributed by atoms with Gasteiger partial charge in [0.25, 0.3) is 5.56 Å². The number of esters is 1. The van der Waals surface area contributed by atoms with Gasteiger partial charge in [0, 0.05) is 33.6 Å². The minimum atomic E-state index is -4.00. The quantitative estimate of drug-likeness (QED) is 0.166. The lowest BCUT2D eigenvalue weighted by Crippen LogP contribution is -2.40. The Morgan fingerprint density at radius 3 is 2.44 bits per heavy atom. The zero-order valence-corrected chi connectivity index (χ0v) is 26.8. The number of nitrogens with zero attached hydrogens (tertiary/aromatic N) is 5. The van der Waals surface area contributed by atoms with Crippen LogP contribution in [0.25, 0.3) is 22.4 Å². The highest BCUT2D eigenvalue weighted by Gasteiger charge is 2.27. The lowest BCUT2D eigenvalue weighted by molar-refractivity contribution is -0.142. The maximum Gasteiger partial charge on any atom is 0.302 e. The van der Waals surface area contributed by atoms with Crippen LogP contribution in [0.4, 0.5) is 0 Å². The topological polar surface area (TPSA) is 149 Å². The largest absolute Gasteiger partial charge is 0.493 e. The molecule has 1 aromatic carbocycles. The van der Waals surface area contributed by atoms with E-state index in [0.29, 0.717) is 47.6 Å². The summed E-state index contributed by atoms with van der Waals surface area (Å²) < 4.78 is 47.3. The van der Waals surface area contributed by atoms with Crippen molar-refractivity contribution in [3.05, 3.63) is 34.2 Å². The number of aromatic nitrogens is 4. The van der Waals surface area contributed by atoms with E-state index in [4.69, 9.17) is 19.2 Å². The summed E-state index contributed by atoms with van der Waals surface area (Å²) in [7, 11) is -2.30. The van der Waals surface area contributed by atoms with Crippen LogP contribution < -0.4 is 10.3 Å². The number of fused-ring (bicyclic) bond motifs is 1. The number of ether oxygens (including phenoxy) is 3. The van der Waals surface area contributed by atoms with E-state index in [-0.39, 0.29) is 49.2 Å². The van der Waals surface area contributed by atoms with Gasteiger partial charge in [-0.25, -0.2) is 13.4 Å². The highest BCUT2D eigenvalue weighted by molar-refractivity contribution is 7.89. The van der Waals surface area contributed by atoms with Crippen LogP contribution in [0.1, 0.15) is 46.7 Å². The van der Waals surface area contributed by atoms with Crippen molar-refractivity contribution < 1.29 is 27.4 Å². The van der Waals surface area contributed by atoms with Gasteiger partial charge in [-0.15, -0.1) is 0 Å². The minimum Gasteiger partial charge on any atom is -0.493 e. The van der Waals surface area contributed by atoms with Gasteiger partial charge in [0.1, 0.15) is 23.7 Å². The smallest absolute Gasteiger partial charge is 0.302 e. The van der Waals surface area contributed by atoms with E-state index in [1.54, 1.807) is 13.1 Å². The van der Waals surface area contributed by atoms with Gasteiger partial charge >= 0.3 is 5.97 Å². The monoisotopic (exact) mass is 620 g/mol. The van der Waals surface area contributed by atoms with Gasteiger partial charge in [0.2, 0.25) is 10.0 Å². The molecule has 43 heavy (non-hydrogen) atoms. The summed E-state index contributed by atoms with van der Waals surface area (Å²) in [6.45, 7) is 12.4. The molecule has 0 aliphatic carbocycles. The molecule has 14 heteroatoms. The van der Waals surface area contributed by atoms with Crippen molar-refractivity contribution in [2.24, 2.45) is 7.05 Å². The normalized spacial score (nSPS) is 12.0. The molecule has 0 aliphatic rings. The van der Waals surface area contributed by atoms with Crippen LogP contribution in [0.5, 0.6) is 5.75 Å². The first-order valence-corrected chi connectivity index (χ1v) is 16.2. The van der Waals surface area contributed by atoms with Crippen LogP contribution in [-0.4, -0.2) is 102 Å². The summed E-state index contributed by atoms with van der Waals surface area (Å²) in [4.78, 5) is 33.9. The van der Waals surface area contributed by atoms with Crippen molar-refractivity contribution in [2.75, 3.05) is 59.2 Å². The van der Waals surface area contributed by atoms with Crippen LogP contribution in [0.2, 0.25) is 0 Å². The van der Waals surface area contributed by atoms with Crippen LogP contribution in [-0.2, 0) is 37.8 Å². The SMILES string of the molecule is CCCc1nn(C)c2c(=O)[nH]c(-c3cc(S(=O)(=O)N(CCOCCOC(C)=O)CCN(CC)CC)ccc3OCC)nc12. The number of likely N-dealkylation sites (N-methyl/N-ethyl adjacent to an activating group) is 1. The van der Waals surface area contributed by atoms with Gasteiger partial charge < -0.3 is 24.1 Å². The average Bonchev–Trinajstić information content (AvgIpc) is 3.29. The molecular formula is C29H44N6O7S. The first-order chi connectivity index (χ1) is 20.6. The fraction of sp³-hybridized carbons (Fsp3) is 0.586. The molecule has 0 saturated heterocycles. The first-order valence-electron chi connectivity index (χ1n) is 14.7. The molecule has 238 valence electrons. The number of carbonyl (C=O) groups excluding carboxylic acids is 1. The van der Waals surface area contributed by atoms with Gasteiger partial charge in [-0.1, -0.05) is 27.2 Å². The molecule has 0 unspecified atom stereocenters. The second-order valence-electron chi connectivity index (χ2n) is 9.91. The number of nitrogens with one attached hydrogen (secondary N) is 1. The molecule has 0 spiro atoms. The predicted octanol–water partition coefficient (Wildman–Crippen LogP) is 2.59. The summed E-state index contributed by atoms with van der Waals surface area (Å²) in [5.74, 6) is 0.193. The van der Waals surface area contributed by atoms with Crippen LogP contribution >= 0.6 is 0 Å². The molecule has 0 aliphatic heterocycles. The maximum atomic E-state index is 14.0. The Morgan fingerprint density at radius 2 is 1.79 bits per heavy atom. The molecule has 0 radical (unpaired) electrons. The number of sulfonamides is 1. The van der Waals surface area contributed by atoms with Crippen molar-refractivity contribution in [2.45, 2.75) is 52.4 Å². The predicted molar refractivity (Wildman–Crippen MR) is 164 cm³/mol. The number of rotatable bonds is 18. The number of carbonyl (C=O) groups is 1. The molecule has 2 heterocycles. The third-order valence-corrected chi connectivity index (χ3v) is 8.87. The van der Waals surface area contributed by atoms with Gasteiger partial charge in [0.15, 0.2) is 5.52 Å². The van der Waals surface area contributed by atoms with E-state index < -0.39 is 16.0 Å². The molecule has 0 atom stereocenters. The molecule has 2 aromatic heterocycles. The standard InChI is InChI=1S/C29H44N6O7S/c1-7-11-24-26-27(33(6)32-24)29(37)31-28(30-26)23-20-22(12-13-25(23)41-10-4)43(38,39)35(15-14-34(8-2)9-3)16-17-40-18-19-42-21(5)36/h12-13,20H,7-11,14-19H2,1-6H3,(H,30,31,37). The van der Waals surface area contributed by atoms with Crippen molar-refractivity contribution in [1.82, 2.24) is 29.0 Å². The number of hydrogen-bond acceptors (Lipinski definition) is 10. The lowest BCUT2D eigenvalue weighted by Gasteiger charge is -2.26. The Hall–Kier alpha value is -3.33. The van der Waals surface area contributed by atoms with Crippen molar-refractivity contribution in [1.29, 1.82) is 0 Å². The summed E-state index contributed by atoms with van der Waals surface area (Å²) in [6.07, 6.45) is 1.47. The van der Waals surface area contributed by atoms with Crippen LogP contribution in [0.15, 0.2) is 27.9 Å². The molecule has 0 amide bonds. The van der Waals surface area contributed by atoms with E-state index in [1.807, 2.05) is 27.7 Å². The van der Waals surface area contributed by atoms with E-state index in [9.17, 15) is 18.0 Å². The number of benzene rings is 1. The Bertz CT molecular complexity index is 1530. The maximum absolute atomic E-state index is 14.0. The molecule has 1 N–H and O–H groups in total. The Balaban J connectivity index is 2.01. The lowest BCUT2D eigenvalue weighted by atomic mass is 10.1. The zero-order valence-electron chi connectivity index (χ0n) is 26.0. The highest BCUT2D eigenvalue weighted by Crippen LogP contribution is 2.32. The van der Waals surface area contributed by atoms with Gasteiger partial charge in [0.05, 0.1) is 36.0 Å². The summed E-state index contributed by atoms with van der Waals surface area (Å²) in [5.41, 5.74) is 1.51. The second-order valence-corrected chi connectivity index (χ2v) is 11.8. The third kappa shape index (κ3) is 8.62. The molecule has 0 saturated carbocycles. The van der Waals surface area contributed by atoms with E-state index >= 15 is 0 Å². The molecular weight excluding hydrogens is 576 g/mol. The summed E-state index contributed by atoms with van der Waals surface area (Å²) >= 11 is 0. The van der Waals surface area contributed by atoms with Gasteiger partial charge in [-0.05, 0) is 44.6 Å². The van der Waals surface area contributed by atoms with E-state index in [0.717, 1.165) is 19.5 Å². The zero-order chi connectivity index (χ0) is 31.6. The van der Waals surface area contributed by atoms with Crippen molar-refractivity contribution >= 4 is 27.0 Å². The molecule has 3 aromatic rings. The Morgan fingerprint density at radius 1 is 1.05 bits per heavy atom. The third-order valence-electron chi connectivity index (χ3n) is 6.97. The van der Waals surface area contributed by atoms with Crippen LogP contribution in [0, 0.1) is 0 Å². The summed E-state index contributed by atoms with van der Waals surface area (Å²) in [6, 6.07) is 4.58. The molecule has 0 bridgehead atoms. The van der Waals surface area contributed by atoms with E-state index in [2.05, 4.69) is 15.0 Å². The molecule has 0 fully saturated rings. The highest BCUT2D eigenvalue weighted by atomic mass is 32.2. The molecule has 13 nitrogen and oxygen atoms in total. The number of H-pyrrole nitrogens is 1. The Labute approximate surface area is 253 Å². The summed E-state index contributed by atoms with van der Waals surface area (Å²) in [5, 5.41) is 4.48. The molecule has 3 rings (SSSR count). The number of aromatic amines is 1. The van der Waals surface area contributed by atoms with Crippen LogP contribution in [0.3, 0.4) is 0 Å². The van der Waals surface area contributed by atoms with E-state index in [1.165, 1.54) is 28.0 Å². The first kappa shape index (κ1) is 34.2. The van der Waals surface area contributed by atoms with Crippen molar-refractivity contribution in [3.8, 4) is 17.1 Å².